The van der Waals surface area contributed by atoms with Gasteiger partial charge in [-0.25, -0.2) is 0 Å². The minimum Gasteiger partial charge on any atom is -0.481 e. The number of aromatic nitrogens is 1. The maximum atomic E-state index is 12.5. The lowest BCUT2D eigenvalue weighted by Gasteiger charge is -2.17. The molecule has 0 bridgehead atoms. The van der Waals surface area contributed by atoms with Crippen molar-refractivity contribution in [1.82, 2.24) is 4.57 Å². The van der Waals surface area contributed by atoms with E-state index in [1.165, 1.54) is 12.8 Å². The Balaban J connectivity index is 2.27. The third kappa shape index (κ3) is 2.22. The molecule has 1 N–H and O–H groups in total. The van der Waals surface area contributed by atoms with Gasteiger partial charge < -0.3 is 9.67 Å². The van der Waals surface area contributed by atoms with Crippen molar-refractivity contribution in [1.29, 1.82) is 0 Å². The highest BCUT2D eigenvalue weighted by atomic mass is 16.4. The van der Waals surface area contributed by atoms with E-state index in [1.54, 1.807) is 6.07 Å². The monoisotopic (exact) mass is 271 g/mol. The Morgan fingerprint density at radius 3 is 2.70 bits per heavy atom. The van der Waals surface area contributed by atoms with Crippen LogP contribution in [0.15, 0.2) is 29.1 Å². The van der Waals surface area contributed by atoms with Crippen molar-refractivity contribution < 1.29 is 9.90 Å². The third-order valence-electron chi connectivity index (χ3n) is 4.02. The van der Waals surface area contributed by atoms with E-state index < -0.39 is 5.97 Å². The molecule has 2 aromatic rings. The van der Waals surface area contributed by atoms with E-state index in [4.69, 9.17) is 5.11 Å². The number of hydrogen-bond donors (Lipinski definition) is 1. The van der Waals surface area contributed by atoms with Crippen LogP contribution in [0.1, 0.15) is 24.1 Å². The first kappa shape index (κ1) is 12.9. The van der Waals surface area contributed by atoms with Crippen molar-refractivity contribution in [2.24, 2.45) is 5.92 Å². The van der Waals surface area contributed by atoms with E-state index in [0.717, 1.165) is 17.8 Å². The molecule has 3 rings (SSSR count). The average Bonchev–Trinajstić information content (AvgIpc) is 3.23. The Bertz CT molecular complexity index is 741. The first-order chi connectivity index (χ1) is 9.58. The van der Waals surface area contributed by atoms with Gasteiger partial charge in [0, 0.05) is 23.2 Å². The molecule has 1 aliphatic carbocycles. The number of benzene rings is 1. The lowest BCUT2D eigenvalue weighted by molar-refractivity contribution is -0.136. The highest BCUT2D eigenvalue weighted by molar-refractivity contribution is 5.82. The van der Waals surface area contributed by atoms with Crippen molar-refractivity contribution in [2.45, 2.75) is 32.7 Å². The summed E-state index contributed by atoms with van der Waals surface area (Å²) >= 11 is 0. The standard InChI is InChI=1S/C16H17NO3/c1-10-13(8-15(18)19)16(20)12-4-2-3-5-14(12)17(10)9-11-6-7-11/h2-5,11H,6-9H2,1H3,(H,18,19). The molecule has 4 nitrogen and oxygen atoms in total. The van der Waals surface area contributed by atoms with E-state index in [0.29, 0.717) is 16.9 Å². The summed E-state index contributed by atoms with van der Waals surface area (Å²) in [6.45, 7) is 2.73. The van der Waals surface area contributed by atoms with Crippen molar-refractivity contribution >= 4 is 16.9 Å². The number of rotatable bonds is 4. The molecule has 0 atom stereocenters. The predicted molar refractivity (Wildman–Crippen MR) is 77.0 cm³/mol. The van der Waals surface area contributed by atoms with Gasteiger partial charge in [-0.1, -0.05) is 12.1 Å². The predicted octanol–water partition coefficient (Wildman–Crippen LogP) is 2.35. The van der Waals surface area contributed by atoms with E-state index in [2.05, 4.69) is 4.57 Å². The van der Waals surface area contributed by atoms with Gasteiger partial charge in [-0.05, 0) is 37.8 Å². The molecular formula is C16H17NO3. The van der Waals surface area contributed by atoms with Crippen LogP contribution in [0.5, 0.6) is 0 Å². The molecule has 1 fully saturated rings. The Labute approximate surface area is 116 Å². The van der Waals surface area contributed by atoms with Crippen LogP contribution in [-0.4, -0.2) is 15.6 Å². The minimum absolute atomic E-state index is 0.146. The van der Waals surface area contributed by atoms with Crippen LogP contribution in [0.4, 0.5) is 0 Å². The largest absolute Gasteiger partial charge is 0.481 e. The van der Waals surface area contributed by atoms with E-state index in [1.807, 2.05) is 25.1 Å². The molecule has 104 valence electrons. The normalized spacial score (nSPS) is 14.7. The van der Waals surface area contributed by atoms with Crippen LogP contribution >= 0.6 is 0 Å². The summed E-state index contributed by atoms with van der Waals surface area (Å²) in [5, 5.41) is 9.65. The summed E-state index contributed by atoms with van der Waals surface area (Å²) < 4.78 is 2.12. The Morgan fingerprint density at radius 1 is 1.35 bits per heavy atom. The van der Waals surface area contributed by atoms with Gasteiger partial charge in [-0.15, -0.1) is 0 Å². The molecule has 0 amide bonds. The second-order valence-electron chi connectivity index (χ2n) is 5.53. The Morgan fingerprint density at radius 2 is 2.05 bits per heavy atom. The second-order valence-corrected chi connectivity index (χ2v) is 5.53. The molecule has 1 aromatic carbocycles. The zero-order valence-corrected chi connectivity index (χ0v) is 11.4. The van der Waals surface area contributed by atoms with Gasteiger partial charge >= 0.3 is 5.97 Å². The Hall–Kier alpha value is -2.10. The lowest BCUT2D eigenvalue weighted by atomic mass is 10.0. The summed E-state index contributed by atoms with van der Waals surface area (Å²) in [6.07, 6.45) is 2.22. The topological polar surface area (TPSA) is 59.3 Å². The lowest BCUT2D eigenvalue weighted by Crippen LogP contribution is -2.22. The molecule has 20 heavy (non-hydrogen) atoms. The number of carboxylic acids is 1. The fraction of sp³-hybridized carbons (Fsp3) is 0.375. The quantitative estimate of drug-likeness (QED) is 0.928. The number of para-hydroxylation sites is 1. The van der Waals surface area contributed by atoms with Crippen LogP contribution in [0, 0.1) is 12.8 Å². The minimum atomic E-state index is -0.960. The molecule has 0 spiro atoms. The van der Waals surface area contributed by atoms with Gasteiger partial charge in [0.25, 0.3) is 0 Å². The van der Waals surface area contributed by atoms with Crippen molar-refractivity contribution in [3.8, 4) is 0 Å². The molecule has 0 saturated heterocycles. The second kappa shape index (κ2) is 4.78. The first-order valence-electron chi connectivity index (χ1n) is 6.90. The van der Waals surface area contributed by atoms with Gasteiger partial charge in [-0.3, -0.25) is 9.59 Å². The number of carboxylic acid groups (broad SMARTS) is 1. The molecule has 0 radical (unpaired) electrons. The third-order valence-corrected chi connectivity index (χ3v) is 4.02. The average molecular weight is 271 g/mol. The number of carbonyl (C=O) groups is 1. The number of fused-ring (bicyclic) bond motifs is 1. The van der Waals surface area contributed by atoms with Gasteiger partial charge in [0.1, 0.15) is 0 Å². The fourth-order valence-electron chi connectivity index (χ4n) is 2.72. The summed E-state index contributed by atoms with van der Waals surface area (Å²) in [7, 11) is 0. The molecule has 1 aliphatic rings. The zero-order valence-electron chi connectivity index (χ0n) is 11.4. The summed E-state index contributed by atoms with van der Waals surface area (Å²) in [5.74, 6) is -0.296. The summed E-state index contributed by atoms with van der Waals surface area (Å²) in [6, 6.07) is 7.47. The first-order valence-corrected chi connectivity index (χ1v) is 6.90. The smallest absolute Gasteiger partial charge is 0.308 e. The van der Waals surface area contributed by atoms with Crippen LogP contribution < -0.4 is 5.43 Å². The highest BCUT2D eigenvalue weighted by Gasteiger charge is 2.24. The molecule has 1 aromatic heterocycles. The number of hydrogen-bond acceptors (Lipinski definition) is 2. The maximum Gasteiger partial charge on any atom is 0.308 e. The van der Waals surface area contributed by atoms with Crippen molar-refractivity contribution in [3.05, 3.63) is 45.7 Å². The van der Waals surface area contributed by atoms with Crippen molar-refractivity contribution in [3.63, 3.8) is 0 Å². The van der Waals surface area contributed by atoms with Crippen LogP contribution in [0.3, 0.4) is 0 Å². The summed E-state index contributed by atoms with van der Waals surface area (Å²) in [5.41, 5.74) is 1.98. The zero-order chi connectivity index (χ0) is 14.3. The maximum absolute atomic E-state index is 12.5. The number of aliphatic carboxylic acids is 1. The Kier molecular flexibility index (Phi) is 3.08. The van der Waals surface area contributed by atoms with Crippen LogP contribution in [0.25, 0.3) is 10.9 Å². The van der Waals surface area contributed by atoms with Gasteiger partial charge in [-0.2, -0.15) is 0 Å². The molecule has 1 heterocycles. The van der Waals surface area contributed by atoms with Crippen molar-refractivity contribution in [2.75, 3.05) is 0 Å². The molecule has 1 saturated carbocycles. The highest BCUT2D eigenvalue weighted by Crippen LogP contribution is 2.32. The fourth-order valence-corrected chi connectivity index (χ4v) is 2.72. The molecular weight excluding hydrogens is 254 g/mol. The van der Waals surface area contributed by atoms with E-state index in [-0.39, 0.29) is 11.8 Å². The van der Waals surface area contributed by atoms with Crippen LogP contribution in [0.2, 0.25) is 0 Å². The number of pyridine rings is 1. The SMILES string of the molecule is Cc1c(CC(=O)O)c(=O)c2ccccc2n1CC1CC1. The van der Waals surface area contributed by atoms with Gasteiger partial charge in [0.15, 0.2) is 5.43 Å². The number of nitrogens with zero attached hydrogens (tertiary/aromatic N) is 1. The molecule has 0 aliphatic heterocycles. The van der Waals surface area contributed by atoms with E-state index in [9.17, 15) is 9.59 Å². The summed E-state index contributed by atoms with van der Waals surface area (Å²) in [4.78, 5) is 23.5. The molecule has 0 unspecified atom stereocenters. The van der Waals surface area contributed by atoms with Gasteiger partial charge in [0.2, 0.25) is 0 Å². The van der Waals surface area contributed by atoms with Crippen LogP contribution in [-0.2, 0) is 17.8 Å². The molecule has 4 heteroatoms. The van der Waals surface area contributed by atoms with E-state index >= 15 is 0 Å². The van der Waals surface area contributed by atoms with Gasteiger partial charge in [0.05, 0.1) is 11.9 Å².